The zero-order valence-electron chi connectivity index (χ0n) is 27.6. The van der Waals surface area contributed by atoms with Gasteiger partial charge in [-0.05, 0) is 48.8 Å². The molecule has 0 aliphatic carbocycles. The molecule has 2 heterocycles. The minimum Gasteiger partial charge on any atom is -0.459 e. The zero-order valence-corrected chi connectivity index (χ0v) is 29.6. The number of hydrogen-bond donors (Lipinski definition) is 1. The molecule has 0 spiro atoms. The van der Waals surface area contributed by atoms with Gasteiger partial charge >= 0.3 is 11.7 Å². The first-order valence-corrected chi connectivity index (χ1v) is 20.7. The molecular weight excluding hydrogens is 585 g/mol. The monoisotopic (exact) mass is 634 g/mol. The van der Waals surface area contributed by atoms with Gasteiger partial charge in [0.05, 0.1) is 6.61 Å². The average Bonchev–Trinajstić information content (AvgIpc) is 3.19. The van der Waals surface area contributed by atoms with Crippen LogP contribution in [0.4, 0.5) is 0 Å². The van der Waals surface area contributed by atoms with Crippen LogP contribution in [0.2, 0.25) is 36.3 Å². The van der Waals surface area contributed by atoms with Crippen molar-refractivity contribution in [3.63, 3.8) is 0 Å². The molecule has 1 saturated heterocycles. The molecule has 1 aliphatic rings. The summed E-state index contributed by atoms with van der Waals surface area (Å²) >= 11 is 0. The highest BCUT2D eigenvalue weighted by Gasteiger charge is 2.51. The van der Waals surface area contributed by atoms with E-state index in [0.29, 0.717) is 0 Å². The molecule has 2 aromatic rings. The number of esters is 1. The fraction of sp³-hybridized carbons (Fsp3) is 0.645. The van der Waals surface area contributed by atoms with Crippen molar-refractivity contribution in [1.29, 1.82) is 0 Å². The molecular formula is C31H50N2O8Si2. The van der Waals surface area contributed by atoms with E-state index in [4.69, 9.17) is 18.3 Å². The first-order chi connectivity index (χ1) is 19.7. The Morgan fingerprint density at radius 3 is 2.12 bits per heavy atom. The number of aryl methyl sites for hydroxylation is 1. The number of nitrogens with zero attached hydrogens (tertiary/aromatic N) is 2. The Morgan fingerprint density at radius 1 is 0.977 bits per heavy atom. The average molecular weight is 635 g/mol. The van der Waals surface area contributed by atoms with Gasteiger partial charge in [-0.25, -0.2) is 9.36 Å². The fourth-order valence-electron chi connectivity index (χ4n) is 4.22. The summed E-state index contributed by atoms with van der Waals surface area (Å²) in [5.41, 5.74) is -0.328. The van der Waals surface area contributed by atoms with Crippen molar-refractivity contribution in [1.82, 2.24) is 9.13 Å². The topological polar surface area (TPSA) is 118 Å². The number of carbonyl (C=O) groups is 1. The van der Waals surface area contributed by atoms with Gasteiger partial charge in [0.1, 0.15) is 31.5 Å². The van der Waals surface area contributed by atoms with Crippen LogP contribution >= 0.6 is 0 Å². The summed E-state index contributed by atoms with van der Waals surface area (Å²) in [7, 11) is -4.64. The van der Waals surface area contributed by atoms with Crippen LogP contribution in [-0.2, 0) is 36.3 Å². The number of aliphatic hydroxyl groups is 1. The number of aromatic nitrogens is 2. The number of carbonyl (C=O) groups excluding carboxylic acids is 1. The quantitative estimate of drug-likeness (QED) is 0.294. The SMILES string of the molecule is Cc1cn([C@@H]2O[C@H](CO[Si](C)(C)C(C)(C)C)[C@@H](O)[C@H]2O[Si](C)(C)C(C)(C)C)c(=O)n(CC(=O)OCc2ccccc2)c1=O. The number of rotatable bonds is 10. The van der Waals surface area contributed by atoms with E-state index in [2.05, 4.69) is 67.7 Å². The maximum Gasteiger partial charge on any atom is 0.333 e. The molecule has 0 radical (unpaired) electrons. The lowest BCUT2D eigenvalue weighted by Gasteiger charge is -2.40. The number of aliphatic hydroxyl groups excluding tert-OH is 1. The van der Waals surface area contributed by atoms with Crippen molar-refractivity contribution in [3.8, 4) is 0 Å². The number of hydrogen-bond acceptors (Lipinski definition) is 8. The molecule has 10 nitrogen and oxygen atoms in total. The second kappa shape index (κ2) is 12.9. The van der Waals surface area contributed by atoms with E-state index in [1.165, 1.54) is 10.8 Å². The first-order valence-electron chi connectivity index (χ1n) is 14.8. The molecule has 0 amide bonds. The predicted octanol–water partition coefficient (Wildman–Crippen LogP) is 4.73. The number of ether oxygens (including phenoxy) is 2. The van der Waals surface area contributed by atoms with Crippen molar-refractivity contribution in [3.05, 3.63) is 68.5 Å². The van der Waals surface area contributed by atoms with Crippen molar-refractivity contribution in [2.75, 3.05) is 6.61 Å². The van der Waals surface area contributed by atoms with Crippen LogP contribution in [0.1, 0.15) is 58.9 Å². The molecule has 0 saturated carbocycles. The smallest absolute Gasteiger partial charge is 0.333 e. The third-order valence-electron chi connectivity index (χ3n) is 9.14. The Morgan fingerprint density at radius 2 is 1.56 bits per heavy atom. The Kier molecular flexibility index (Phi) is 10.6. The highest BCUT2D eigenvalue weighted by atomic mass is 28.4. The van der Waals surface area contributed by atoms with Gasteiger partial charge < -0.3 is 23.4 Å². The molecule has 3 rings (SSSR count). The van der Waals surface area contributed by atoms with Gasteiger partial charge in [0.25, 0.3) is 5.56 Å². The number of benzene rings is 1. The Bertz CT molecular complexity index is 1390. The summed E-state index contributed by atoms with van der Waals surface area (Å²) in [4.78, 5) is 39.6. The summed E-state index contributed by atoms with van der Waals surface area (Å²) in [6, 6.07) is 9.14. The van der Waals surface area contributed by atoms with E-state index in [-0.39, 0.29) is 28.9 Å². The summed E-state index contributed by atoms with van der Waals surface area (Å²) in [6.07, 6.45) is -2.39. The second-order valence-electron chi connectivity index (χ2n) is 14.5. The summed E-state index contributed by atoms with van der Waals surface area (Å²) in [5, 5.41) is 11.3. The lowest BCUT2D eigenvalue weighted by atomic mass is 10.1. The van der Waals surface area contributed by atoms with Gasteiger partial charge in [0, 0.05) is 11.8 Å². The van der Waals surface area contributed by atoms with Crippen LogP contribution in [-0.4, -0.2) is 61.8 Å². The highest BCUT2D eigenvalue weighted by molar-refractivity contribution is 6.74. The van der Waals surface area contributed by atoms with Crippen LogP contribution in [0.15, 0.2) is 46.1 Å². The van der Waals surface area contributed by atoms with Crippen LogP contribution in [0, 0.1) is 6.92 Å². The Hall–Kier alpha value is -2.36. The molecule has 1 aromatic carbocycles. The van der Waals surface area contributed by atoms with E-state index < -0.39 is 64.9 Å². The molecule has 12 heteroatoms. The lowest BCUT2D eigenvalue weighted by Crippen LogP contribution is -2.51. The molecule has 1 aliphatic heterocycles. The lowest BCUT2D eigenvalue weighted by molar-refractivity contribution is -0.145. The standard InChI is InChI=1S/C31H50N2O8Si2/c1-21-17-33(29(37)32(27(21)36)18-24(34)38-19-22-15-13-12-14-16-22)28-26(41-43(10,11)31(5,6)7)25(35)23(40-28)20-39-42(8,9)30(2,3)4/h12-17,23,25-26,28,35H,18-20H2,1-11H3/t23-,25-,26-,28-/m1/s1. The Labute approximate surface area is 257 Å². The van der Waals surface area contributed by atoms with Crippen molar-refractivity contribution < 1.29 is 28.2 Å². The van der Waals surface area contributed by atoms with Gasteiger partial charge in [-0.1, -0.05) is 71.9 Å². The molecule has 240 valence electrons. The van der Waals surface area contributed by atoms with Crippen molar-refractivity contribution in [2.45, 2.75) is 122 Å². The molecule has 1 fully saturated rings. The van der Waals surface area contributed by atoms with Crippen LogP contribution < -0.4 is 11.2 Å². The van der Waals surface area contributed by atoms with Gasteiger partial charge in [-0.15, -0.1) is 0 Å². The van der Waals surface area contributed by atoms with Crippen LogP contribution in [0.5, 0.6) is 0 Å². The third-order valence-corrected chi connectivity index (χ3v) is 18.1. The molecule has 4 atom stereocenters. The summed E-state index contributed by atoms with van der Waals surface area (Å²) in [5.74, 6) is -0.720. The van der Waals surface area contributed by atoms with Gasteiger partial charge in [-0.2, -0.15) is 0 Å². The second-order valence-corrected chi connectivity index (χ2v) is 24.1. The molecule has 1 aromatic heterocycles. The van der Waals surface area contributed by atoms with E-state index in [9.17, 15) is 19.5 Å². The molecule has 0 unspecified atom stereocenters. The predicted molar refractivity (Wildman–Crippen MR) is 171 cm³/mol. The van der Waals surface area contributed by atoms with Crippen molar-refractivity contribution >= 4 is 22.6 Å². The summed E-state index contributed by atoms with van der Waals surface area (Å²) in [6.45, 7) is 22.2. The van der Waals surface area contributed by atoms with E-state index in [1.54, 1.807) is 6.92 Å². The largest absolute Gasteiger partial charge is 0.459 e. The first kappa shape index (κ1) is 35.1. The van der Waals surface area contributed by atoms with Crippen LogP contribution in [0.25, 0.3) is 0 Å². The molecule has 1 N–H and O–H groups in total. The maximum atomic E-state index is 13.8. The summed E-state index contributed by atoms with van der Waals surface area (Å²) < 4.78 is 26.9. The minimum atomic E-state index is -2.46. The Balaban J connectivity index is 1.97. The minimum absolute atomic E-state index is 0.0185. The van der Waals surface area contributed by atoms with Crippen LogP contribution in [0.3, 0.4) is 0 Å². The molecule has 43 heavy (non-hydrogen) atoms. The fourth-order valence-corrected chi connectivity index (χ4v) is 6.53. The van der Waals surface area contributed by atoms with Crippen molar-refractivity contribution in [2.24, 2.45) is 0 Å². The third kappa shape index (κ3) is 8.03. The van der Waals surface area contributed by atoms with E-state index >= 15 is 0 Å². The normalized spacial score (nSPS) is 21.7. The van der Waals surface area contributed by atoms with E-state index in [1.807, 2.05) is 30.3 Å². The van der Waals surface area contributed by atoms with Gasteiger partial charge in [-0.3, -0.25) is 14.2 Å². The highest BCUT2D eigenvalue weighted by Crippen LogP contribution is 2.42. The zero-order chi connectivity index (χ0) is 32.5. The molecule has 0 bridgehead atoms. The van der Waals surface area contributed by atoms with Gasteiger partial charge in [0.2, 0.25) is 0 Å². The maximum absolute atomic E-state index is 13.8. The van der Waals surface area contributed by atoms with Gasteiger partial charge in [0.15, 0.2) is 22.9 Å². The van der Waals surface area contributed by atoms with E-state index in [0.717, 1.165) is 10.1 Å².